The Kier molecular flexibility index (Phi) is 4.22. The van der Waals surface area contributed by atoms with Gasteiger partial charge in [0, 0.05) is 30.4 Å². The number of carbonyl (C=O) groups excluding carboxylic acids is 1. The molecular weight excluding hydrogens is 280 g/mol. The first-order valence-electron chi connectivity index (χ1n) is 7.73. The van der Waals surface area contributed by atoms with Crippen LogP contribution in [-0.4, -0.2) is 40.1 Å². The summed E-state index contributed by atoms with van der Waals surface area (Å²) < 4.78 is 6.00. The number of carbonyl (C=O) groups is 1. The molecule has 1 amide bonds. The Balaban J connectivity index is 2.33. The number of rotatable bonds is 2. The quantitative estimate of drug-likeness (QED) is 0.913. The lowest BCUT2D eigenvalue weighted by Crippen LogP contribution is -2.58. The van der Waals surface area contributed by atoms with Crippen LogP contribution in [0.25, 0.3) is 0 Å². The van der Waals surface area contributed by atoms with Crippen molar-refractivity contribution in [1.29, 1.82) is 0 Å². The highest BCUT2D eigenvalue weighted by Gasteiger charge is 2.40. The maximum absolute atomic E-state index is 12.8. The number of amides is 1. The minimum absolute atomic E-state index is 0.113. The number of nitrogens with zero attached hydrogens (tertiary/aromatic N) is 1. The molecule has 1 fully saturated rings. The van der Waals surface area contributed by atoms with Gasteiger partial charge in [-0.2, -0.15) is 0 Å². The smallest absolute Gasteiger partial charge is 0.254 e. The van der Waals surface area contributed by atoms with Gasteiger partial charge in [-0.05, 0) is 39.7 Å². The zero-order chi connectivity index (χ0) is 16.7. The predicted octanol–water partition coefficient (Wildman–Crippen LogP) is 2.53. The van der Waals surface area contributed by atoms with Crippen LogP contribution in [0.15, 0.2) is 16.9 Å². The molecule has 1 aliphatic heterocycles. The number of hydrogen-bond acceptors (Lipinski definition) is 3. The van der Waals surface area contributed by atoms with Gasteiger partial charge in [0.25, 0.3) is 5.91 Å². The molecule has 2 rings (SSSR count). The van der Waals surface area contributed by atoms with Crippen molar-refractivity contribution in [2.24, 2.45) is 0 Å². The van der Waals surface area contributed by atoms with Gasteiger partial charge < -0.3 is 14.6 Å². The average molecular weight is 306 g/mol. The third-order valence-electron chi connectivity index (χ3n) is 3.72. The summed E-state index contributed by atoms with van der Waals surface area (Å²) in [4.78, 5) is 29.2. The molecular formula is C17H26N2O3. The van der Waals surface area contributed by atoms with Gasteiger partial charge in [-0.3, -0.25) is 9.59 Å². The lowest BCUT2D eigenvalue weighted by atomic mass is 9.98. The largest absolute Gasteiger partial charge is 0.366 e. The fraction of sp³-hybridized carbons (Fsp3) is 0.647. The van der Waals surface area contributed by atoms with Gasteiger partial charge in [0.2, 0.25) is 5.56 Å². The molecule has 0 radical (unpaired) electrons. The van der Waals surface area contributed by atoms with Crippen molar-refractivity contribution >= 4 is 5.91 Å². The first kappa shape index (κ1) is 16.7. The number of aromatic amines is 1. The van der Waals surface area contributed by atoms with Crippen molar-refractivity contribution in [2.75, 3.05) is 13.1 Å². The zero-order valence-electron chi connectivity index (χ0n) is 14.3. The Morgan fingerprint density at radius 3 is 2.23 bits per heavy atom. The molecule has 1 aliphatic rings. The van der Waals surface area contributed by atoms with Crippen LogP contribution in [0.3, 0.4) is 0 Å². The molecule has 0 atom stereocenters. The molecule has 22 heavy (non-hydrogen) atoms. The molecule has 0 aliphatic carbocycles. The third-order valence-corrected chi connectivity index (χ3v) is 3.72. The maximum atomic E-state index is 12.8. The monoisotopic (exact) mass is 306 g/mol. The highest BCUT2D eigenvalue weighted by atomic mass is 16.5. The van der Waals surface area contributed by atoms with Gasteiger partial charge in [0.15, 0.2) is 0 Å². The first-order valence-corrected chi connectivity index (χ1v) is 7.73. The molecule has 1 N–H and O–H groups in total. The van der Waals surface area contributed by atoms with Gasteiger partial charge in [-0.15, -0.1) is 0 Å². The van der Waals surface area contributed by atoms with Gasteiger partial charge in [-0.25, -0.2) is 0 Å². The number of pyridine rings is 1. The summed E-state index contributed by atoms with van der Waals surface area (Å²) in [5.41, 5.74) is 0.184. The van der Waals surface area contributed by atoms with Gasteiger partial charge in [-0.1, -0.05) is 13.8 Å². The van der Waals surface area contributed by atoms with E-state index in [1.807, 2.05) is 41.5 Å². The van der Waals surface area contributed by atoms with Crippen molar-refractivity contribution in [1.82, 2.24) is 9.88 Å². The van der Waals surface area contributed by atoms with Crippen LogP contribution in [-0.2, 0) is 4.74 Å². The highest BCUT2D eigenvalue weighted by Crippen LogP contribution is 2.29. The molecule has 0 unspecified atom stereocenters. The van der Waals surface area contributed by atoms with Gasteiger partial charge in [0.05, 0.1) is 11.2 Å². The predicted molar refractivity (Wildman–Crippen MR) is 86.3 cm³/mol. The molecule has 5 heteroatoms. The Morgan fingerprint density at radius 1 is 1.18 bits per heavy atom. The second-order valence-electron chi connectivity index (χ2n) is 7.63. The van der Waals surface area contributed by atoms with Crippen LogP contribution in [0.5, 0.6) is 0 Å². The van der Waals surface area contributed by atoms with E-state index in [0.29, 0.717) is 18.7 Å². The number of morpholine rings is 1. The lowest BCUT2D eigenvalue weighted by molar-refractivity contribution is -0.171. The molecule has 2 heterocycles. The summed E-state index contributed by atoms with van der Waals surface area (Å²) in [7, 11) is 0. The highest BCUT2D eigenvalue weighted by molar-refractivity contribution is 5.94. The molecule has 0 aromatic carbocycles. The van der Waals surface area contributed by atoms with Crippen LogP contribution in [0.4, 0.5) is 0 Å². The van der Waals surface area contributed by atoms with Crippen LogP contribution in [0.2, 0.25) is 0 Å². The summed E-state index contributed by atoms with van der Waals surface area (Å²) in [6.07, 6.45) is 0. The average Bonchev–Trinajstić information content (AvgIpc) is 2.33. The van der Waals surface area contributed by atoms with Crippen LogP contribution in [0, 0.1) is 0 Å². The summed E-state index contributed by atoms with van der Waals surface area (Å²) in [5, 5.41) is 0. The molecule has 0 saturated carbocycles. The Hall–Kier alpha value is -1.62. The summed E-state index contributed by atoms with van der Waals surface area (Å²) in [5.74, 6) is 0.0514. The second kappa shape index (κ2) is 5.54. The van der Waals surface area contributed by atoms with E-state index in [1.54, 1.807) is 11.0 Å². The van der Waals surface area contributed by atoms with Gasteiger partial charge in [0.1, 0.15) is 0 Å². The molecule has 122 valence electrons. The number of H-pyrrole nitrogens is 1. The summed E-state index contributed by atoms with van der Waals surface area (Å²) in [6, 6.07) is 3.16. The molecule has 0 spiro atoms. The van der Waals surface area contributed by atoms with E-state index in [-0.39, 0.29) is 17.4 Å². The maximum Gasteiger partial charge on any atom is 0.254 e. The van der Waals surface area contributed by atoms with E-state index in [1.165, 1.54) is 6.07 Å². The Bertz CT molecular complexity index is 613. The van der Waals surface area contributed by atoms with Crippen LogP contribution < -0.4 is 5.56 Å². The van der Waals surface area contributed by atoms with Gasteiger partial charge >= 0.3 is 0 Å². The van der Waals surface area contributed by atoms with E-state index in [4.69, 9.17) is 4.74 Å². The van der Waals surface area contributed by atoms with Crippen LogP contribution in [0.1, 0.15) is 63.5 Å². The molecule has 1 saturated heterocycles. The first-order chi connectivity index (χ1) is 9.99. The fourth-order valence-corrected chi connectivity index (χ4v) is 3.11. The zero-order valence-corrected chi connectivity index (χ0v) is 14.3. The number of nitrogens with one attached hydrogen (secondary N) is 1. The van der Waals surface area contributed by atoms with Crippen molar-refractivity contribution in [3.63, 3.8) is 0 Å². The number of hydrogen-bond donors (Lipinski definition) is 1. The van der Waals surface area contributed by atoms with E-state index in [9.17, 15) is 9.59 Å². The SMILES string of the molecule is CC(C)c1cc(C(=O)N2CC(C)(C)OC(C)(C)C2)cc(=O)[nH]1. The Morgan fingerprint density at radius 2 is 1.73 bits per heavy atom. The molecule has 5 nitrogen and oxygen atoms in total. The van der Waals surface area contributed by atoms with E-state index < -0.39 is 11.2 Å². The fourth-order valence-electron chi connectivity index (χ4n) is 3.11. The molecule has 0 bridgehead atoms. The van der Waals surface area contributed by atoms with Crippen molar-refractivity contribution in [3.8, 4) is 0 Å². The summed E-state index contributed by atoms with van der Waals surface area (Å²) >= 11 is 0. The third kappa shape index (κ3) is 3.77. The van der Waals surface area contributed by atoms with Crippen molar-refractivity contribution in [2.45, 2.75) is 58.7 Å². The minimum atomic E-state index is -0.403. The second-order valence-corrected chi connectivity index (χ2v) is 7.63. The normalized spacial score (nSPS) is 20.2. The summed E-state index contributed by atoms with van der Waals surface area (Å²) in [6.45, 7) is 12.9. The van der Waals surface area contributed by atoms with E-state index >= 15 is 0 Å². The number of ether oxygens (including phenoxy) is 1. The van der Waals surface area contributed by atoms with Crippen molar-refractivity contribution < 1.29 is 9.53 Å². The topological polar surface area (TPSA) is 62.4 Å². The number of aromatic nitrogens is 1. The lowest BCUT2D eigenvalue weighted by Gasteiger charge is -2.47. The van der Waals surface area contributed by atoms with E-state index in [2.05, 4.69) is 4.98 Å². The molecule has 1 aromatic heterocycles. The van der Waals surface area contributed by atoms with Crippen molar-refractivity contribution in [3.05, 3.63) is 33.7 Å². The Labute approximate surface area is 131 Å². The standard InChI is InChI=1S/C17H26N2O3/c1-11(2)13-7-12(8-14(20)18-13)15(21)19-9-16(3,4)22-17(5,6)10-19/h7-8,11H,9-10H2,1-6H3,(H,18,20). The van der Waals surface area contributed by atoms with Crippen LogP contribution >= 0.6 is 0 Å². The van der Waals surface area contributed by atoms with E-state index in [0.717, 1.165) is 5.69 Å². The minimum Gasteiger partial charge on any atom is -0.366 e. The molecule has 1 aromatic rings.